The highest BCUT2D eigenvalue weighted by Gasteiger charge is 2.35. The van der Waals surface area contributed by atoms with Crippen LogP contribution >= 0.6 is 11.6 Å². The van der Waals surface area contributed by atoms with E-state index in [1.807, 2.05) is 24.3 Å². The van der Waals surface area contributed by atoms with Crippen molar-refractivity contribution in [2.75, 3.05) is 0 Å². The van der Waals surface area contributed by atoms with E-state index in [1.54, 1.807) is 0 Å². The predicted octanol–water partition coefficient (Wildman–Crippen LogP) is 9.88. The van der Waals surface area contributed by atoms with Gasteiger partial charge < -0.3 is 4.42 Å². The Morgan fingerprint density at radius 3 is 2.20 bits per heavy atom. The Hall–Kier alpha value is -3.81. The summed E-state index contributed by atoms with van der Waals surface area (Å²) >= 11 is 6.92. The van der Waals surface area contributed by atoms with Gasteiger partial charge in [0.15, 0.2) is 0 Å². The average Bonchev–Trinajstić information content (AvgIpc) is 3.37. The molecule has 7 rings (SSSR count). The number of halogens is 1. The summed E-state index contributed by atoms with van der Waals surface area (Å²) in [4.78, 5) is 0. The van der Waals surface area contributed by atoms with E-state index in [0.29, 0.717) is 0 Å². The van der Waals surface area contributed by atoms with Crippen LogP contribution in [-0.4, -0.2) is 0 Å². The summed E-state index contributed by atoms with van der Waals surface area (Å²) in [5, 5.41) is 2.99. The molecule has 1 aliphatic carbocycles. The second-order valence-corrected chi connectivity index (χ2v) is 10.3. The van der Waals surface area contributed by atoms with E-state index in [0.717, 1.165) is 49.2 Å². The third-order valence-electron chi connectivity index (χ3n) is 7.58. The number of rotatable bonds is 2. The molecule has 0 unspecified atom stereocenters. The molecule has 168 valence electrons. The zero-order valence-electron chi connectivity index (χ0n) is 19.6. The summed E-state index contributed by atoms with van der Waals surface area (Å²) in [6.07, 6.45) is 0. The Balaban J connectivity index is 1.49. The topological polar surface area (TPSA) is 13.1 Å². The Morgan fingerprint density at radius 2 is 1.29 bits per heavy atom. The van der Waals surface area contributed by atoms with Gasteiger partial charge in [-0.1, -0.05) is 110 Å². The van der Waals surface area contributed by atoms with Crippen LogP contribution in [-0.2, 0) is 5.41 Å². The van der Waals surface area contributed by atoms with Crippen molar-refractivity contribution in [3.05, 3.63) is 119 Å². The molecule has 0 N–H and O–H groups in total. The summed E-state index contributed by atoms with van der Waals surface area (Å²) in [5.74, 6) is 0. The lowest BCUT2D eigenvalue weighted by Gasteiger charge is -2.21. The van der Waals surface area contributed by atoms with Gasteiger partial charge >= 0.3 is 0 Å². The fraction of sp³-hybridized carbons (Fsp3) is 0.0909. The second kappa shape index (κ2) is 7.34. The van der Waals surface area contributed by atoms with E-state index < -0.39 is 0 Å². The molecule has 0 spiro atoms. The molecule has 1 nitrogen and oxygen atoms in total. The van der Waals surface area contributed by atoms with Crippen LogP contribution in [0.5, 0.6) is 0 Å². The molecule has 1 heterocycles. The third kappa shape index (κ3) is 2.89. The van der Waals surface area contributed by atoms with Crippen molar-refractivity contribution in [3.8, 4) is 33.4 Å². The molecule has 1 aromatic heterocycles. The van der Waals surface area contributed by atoms with Crippen LogP contribution < -0.4 is 0 Å². The van der Waals surface area contributed by atoms with Gasteiger partial charge in [0.25, 0.3) is 0 Å². The molecule has 0 saturated carbocycles. The molecule has 0 fully saturated rings. The third-order valence-corrected chi connectivity index (χ3v) is 7.90. The largest absolute Gasteiger partial charge is 0.455 e. The van der Waals surface area contributed by atoms with Crippen LogP contribution in [0.4, 0.5) is 0 Å². The highest BCUT2D eigenvalue weighted by Crippen LogP contribution is 2.51. The summed E-state index contributed by atoms with van der Waals surface area (Å²) in [7, 11) is 0. The number of para-hydroxylation sites is 2. The van der Waals surface area contributed by atoms with E-state index in [2.05, 4.69) is 92.7 Å². The van der Waals surface area contributed by atoms with Crippen LogP contribution in [0.1, 0.15) is 25.0 Å². The highest BCUT2D eigenvalue weighted by atomic mass is 35.5. The van der Waals surface area contributed by atoms with E-state index in [-0.39, 0.29) is 5.41 Å². The molecule has 0 amide bonds. The lowest BCUT2D eigenvalue weighted by atomic mass is 9.82. The number of hydrogen-bond donors (Lipinski definition) is 0. The predicted molar refractivity (Wildman–Crippen MR) is 147 cm³/mol. The van der Waals surface area contributed by atoms with Crippen LogP contribution in [0.3, 0.4) is 0 Å². The van der Waals surface area contributed by atoms with E-state index in [4.69, 9.17) is 16.0 Å². The van der Waals surface area contributed by atoms with Crippen molar-refractivity contribution in [3.63, 3.8) is 0 Å². The normalized spacial score (nSPS) is 13.8. The van der Waals surface area contributed by atoms with Crippen molar-refractivity contribution in [2.45, 2.75) is 19.3 Å². The average molecular weight is 471 g/mol. The molecule has 5 aromatic carbocycles. The zero-order chi connectivity index (χ0) is 23.7. The molecule has 0 aliphatic heterocycles. The van der Waals surface area contributed by atoms with E-state index in [1.165, 1.54) is 22.3 Å². The van der Waals surface area contributed by atoms with Crippen molar-refractivity contribution in [1.82, 2.24) is 0 Å². The first-order valence-corrected chi connectivity index (χ1v) is 12.4. The molecule has 6 aromatic rings. The minimum absolute atomic E-state index is 0.0202. The quantitative estimate of drug-likeness (QED) is 0.245. The summed E-state index contributed by atoms with van der Waals surface area (Å²) in [6.45, 7) is 4.61. The molecule has 1 aliphatic rings. The van der Waals surface area contributed by atoms with Gasteiger partial charge in [-0.3, -0.25) is 0 Å². The van der Waals surface area contributed by atoms with Gasteiger partial charge in [0, 0.05) is 32.3 Å². The Labute approximate surface area is 209 Å². The molecule has 0 saturated heterocycles. The van der Waals surface area contributed by atoms with E-state index in [9.17, 15) is 0 Å². The smallest absolute Gasteiger partial charge is 0.143 e. The van der Waals surface area contributed by atoms with Crippen molar-refractivity contribution < 1.29 is 4.42 Å². The fourth-order valence-corrected chi connectivity index (χ4v) is 6.16. The molecule has 0 atom stereocenters. The first-order chi connectivity index (χ1) is 17.0. The summed E-state index contributed by atoms with van der Waals surface area (Å²) in [5.41, 5.74) is 11.4. The zero-order valence-corrected chi connectivity index (χ0v) is 20.4. The minimum Gasteiger partial charge on any atom is -0.455 e. The maximum Gasteiger partial charge on any atom is 0.143 e. The summed E-state index contributed by atoms with van der Waals surface area (Å²) < 4.78 is 6.37. The van der Waals surface area contributed by atoms with Gasteiger partial charge in [-0.05, 0) is 51.6 Å². The monoisotopic (exact) mass is 470 g/mol. The molecular formula is C33H23ClO. The van der Waals surface area contributed by atoms with Gasteiger partial charge in [-0.2, -0.15) is 0 Å². The van der Waals surface area contributed by atoms with Gasteiger partial charge in [-0.15, -0.1) is 0 Å². The maximum absolute atomic E-state index is 6.92. The number of furan rings is 1. The van der Waals surface area contributed by atoms with Gasteiger partial charge in [0.2, 0.25) is 0 Å². The van der Waals surface area contributed by atoms with Crippen LogP contribution in [0, 0.1) is 0 Å². The Kier molecular flexibility index (Phi) is 4.31. The molecule has 0 radical (unpaired) electrons. The first kappa shape index (κ1) is 20.6. The summed E-state index contributed by atoms with van der Waals surface area (Å²) in [6, 6.07) is 36.3. The van der Waals surface area contributed by atoms with Crippen LogP contribution in [0.15, 0.2) is 108 Å². The first-order valence-electron chi connectivity index (χ1n) is 12.0. The Morgan fingerprint density at radius 1 is 0.600 bits per heavy atom. The Bertz CT molecular complexity index is 1790. The molecule has 35 heavy (non-hydrogen) atoms. The molecular weight excluding hydrogens is 448 g/mol. The standard InChI is InChI=1S/C33H23ClO/c1-33(2)27-14-5-3-9-21(27)26-19-20(17-18-28(26)33)31-23(11-8-15-29(31)34)25-13-7-12-24-22-10-4-6-16-30(22)35-32(24)25/h3-19H,1-2H3. The maximum atomic E-state index is 6.92. The number of fused-ring (bicyclic) bond motifs is 6. The minimum atomic E-state index is -0.0202. The number of benzene rings is 5. The molecule has 2 heteroatoms. The van der Waals surface area contributed by atoms with Gasteiger partial charge in [0.05, 0.1) is 0 Å². The van der Waals surface area contributed by atoms with Crippen LogP contribution in [0.25, 0.3) is 55.3 Å². The molecule has 0 bridgehead atoms. The van der Waals surface area contributed by atoms with Crippen molar-refractivity contribution >= 4 is 33.5 Å². The van der Waals surface area contributed by atoms with Gasteiger partial charge in [0.1, 0.15) is 11.2 Å². The fourth-order valence-electron chi connectivity index (χ4n) is 5.88. The van der Waals surface area contributed by atoms with E-state index >= 15 is 0 Å². The SMILES string of the molecule is CC1(C)c2ccccc2-c2cc(-c3c(Cl)cccc3-c3cccc4c3oc3ccccc34)ccc21. The lowest BCUT2D eigenvalue weighted by Crippen LogP contribution is -2.14. The second-order valence-electron chi connectivity index (χ2n) is 9.87. The van der Waals surface area contributed by atoms with Gasteiger partial charge in [-0.25, -0.2) is 0 Å². The highest BCUT2D eigenvalue weighted by molar-refractivity contribution is 6.34. The number of hydrogen-bond acceptors (Lipinski definition) is 1. The van der Waals surface area contributed by atoms with Crippen molar-refractivity contribution in [2.24, 2.45) is 0 Å². The lowest BCUT2D eigenvalue weighted by molar-refractivity contribution is 0.660. The van der Waals surface area contributed by atoms with Crippen molar-refractivity contribution in [1.29, 1.82) is 0 Å². The van der Waals surface area contributed by atoms with Crippen LogP contribution in [0.2, 0.25) is 5.02 Å².